The Morgan fingerprint density at radius 2 is 1.76 bits per heavy atom. The maximum atomic E-state index is 6.32. The van der Waals surface area contributed by atoms with Gasteiger partial charge in [0.25, 0.3) is 0 Å². The lowest BCUT2D eigenvalue weighted by Crippen LogP contribution is -2.19. The number of imidazole rings is 1. The first-order chi connectivity index (χ1) is 14.1. The fourth-order valence-electron chi connectivity index (χ4n) is 3.96. The van der Waals surface area contributed by atoms with Crippen molar-refractivity contribution in [3.05, 3.63) is 101 Å². The molecule has 4 heteroatoms. The summed E-state index contributed by atoms with van der Waals surface area (Å²) in [6.45, 7) is 4.43. The number of aromatic nitrogens is 2. The van der Waals surface area contributed by atoms with Crippen molar-refractivity contribution in [2.24, 2.45) is 0 Å². The molecule has 3 aromatic carbocycles. The molecule has 4 aromatic rings. The van der Waals surface area contributed by atoms with Crippen molar-refractivity contribution in [2.45, 2.75) is 25.8 Å². The van der Waals surface area contributed by atoms with Crippen LogP contribution in [0.2, 0.25) is 5.02 Å². The van der Waals surface area contributed by atoms with Crippen LogP contribution in [0.25, 0.3) is 16.7 Å². The van der Waals surface area contributed by atoms with Gasteiger partial charge in [0, 0.05) is 10.7 Å². The van der Waals surface area contributed by atoms with Gasteiger partial charge in [0.05, 0.1) is 17.1 Å². The van der Waals surface area contributed by atoms with Crippen LogP contribution in [0.4, 0.5) is 5.95 Å². The van der Waals surface area contributed by atoms with E-state index in [0.29, 0.717) is 5.92 Å². The van der Waals surface area contributed by atoms with E-state index in [1.54, 1.807) is 0 Å². The Morgan fingerprint density at radius 3 is 2.52 bits per heavy atom. The summed E-state index contributed by atoms with van der Waals surface area (Å²) in [5, 5.41) is 4.28. The molecule has 1 atom stereocenters. The highest BCUT2D eigenvalue weighted by atomic mass is 35.5. The monoisotopic (exact) mass is 399 g/mol. The van der Waals surface area contributed by atoms with Crippen LogP contribution >= 0.6 is 11.6 Å². The number of nitrogens with zero attached hydrogens (tertiary/aromatic N) is 2. The summed E-state index contributed by atoms with van der Waals surface area (Å²) in [4.78, 5) is 4.85. The Hall–Kier alpha value is -3.04. The molecule has 1 N–H and O–H groups in total. The number of halogens is 1. The number of para-hydroxylation sites is 2. The van der Waals surface area contributed by atoms with E-state index in [4.69, 9.17) is 16.6 Å². The van der Waals surface area contributed by atoms with E-state index in [-0.39, 0.29) is 6.04 Å². The van der Waals surface area contributed by atoms with Gasteiger partial charge in [-0.15, -0.1) is 0 Å². The molecule has 1 aromatic heterocycles. The van der Waals surface area contributed by atoms with Gasteiger partial charge in [0.1, 0.15) is 0 Å². The molecular weight excluding hydrogens is 378 g/mol. The van der Waals surface area contributed by atoms with Gasteiger partial charge < -0.3 is 5.32 Å². The first kappa shape index (κ1) is 18.0. The Kier molecular flexibility index (Phi) is 4.40. The second kappa shape index (κ2) is 7.09. The molecule has 0 radical (unpaired) electrons. The number of hydrogen-bond acceptors (Lipinski definition) is 2. The molecule has 3 nitrogen and oxygen atoms in total. The normalized spacial score (nSPS) is 15.9. The van der Waals surface area contributed by atoms with Crippen LogP contribution in [0.5, 0.6) is 0 Å². The van der Waals surface area contributed by atoms with E-state index < -0.39 is 0 Å². The lowest BCUT2D eigenvalue weighted by atomic mass is 9.98. The van der Waals surface area contributed by atoms with Gasteiger partial charge >= 0.3 is 0 Å². The minimum absolute atomic E-state index is 0.0112. The van der Waals surface area contributed by atoms with Gasteiger partial charge in [-0.25, -0.2) is 4.98 Å². The first-order valence-electron chi connectivity index (χ1n) is 9.92. The molecule has 29 heavy (non-hydrogen) atoms. The standard InChI is InChI=1S/C25H22ClN3/c1-16(2)17-10-12-18(13-11-17)22-15-24(19-6-5-7-20(26)14-19)29-23-9-4-3-8-21(23)27-25(29)28-22/h3-16,24H,1-2H3,(H,27,28)/t24-/m1/s1. The maximum absolute atomic E-state index is 6.32. The fourth-order valence-corrected chi connectivity index (χ4v) is 4.16. The van der Waals surface area contributed by atoms with Crippen molar-refractivity contribution in [2.75, 3.05) is 5.32 Å². The summed E-state index contributed by atoms with van der Waals surface area (Å²) in [6.07, 6.45) is 2.26. The zero-order chi connectivity index (χ0) is 20.0. The second-order valence-electron chi connectivity index (χ2n) is 7.78. The molecule has 0 saturated heterocycles. The number of allylic oxidation sites excluding steroid dienone is 1. The average Bonchev–Trinajstić information content (AvgIpc) is 3.11. The van der Waals surface area contributed by atoms with Gasteiger partial charge in [-0.05, 0) is 52.9 Å². The molecule has 0 saturated carbocycles. The number of nitrogens with one attached hydrogen (secondary N) is 1. The molecule has 0 spiro atoms. The van der Waals surface area contributed by atoms with Gasteiger partial charge in [-0.2, -0.15) is 0 Å². The summed E-state index contributed by atoms with van der Waals surface area (Å²) >= 11 is 6.32. The van der Waals surface area contributed by atoms with E-state index in [1.165, 1.54) is 5.56 Å². The van der Waals surface area contributed by atoms with Crippen molar-refractivity contribution in [1.82, 2.24) is 9.55 Å². The van der Waals surface area contributed by atoms with Crippen LogP contribution in [-0.4, -0.2) is 9.55 Å². The van der Waals surface area contributed by atoms with Gasteiger partial charge in [-0.1, -0.05) is 74.0 Å². The molecule has 0 unspecified atom stereocenters. The molecule has 0 bridgehead atoms. The topological polar surface area (TPSA) is 29.9 Å². The summed E-state index contributed by atoms with van der Waals surface area (Å²) < 4.78 is 2.24. The summed E-state index contributed by atoms with van der Waals surface area (Å²) in [7, 11) is 0. The van der Waals surface area contributed by atoms with Crippen LogP contribution in [0.1, 0.15) is 42.5 Å². The maximum Gasteiger partial charge on any atom is 0.209 e. The van der Waals surface area contributed by atoms with Crippen LogP contribution in [0.15, 0.2) is 78.9 Å². The Labute approximate surface area is 175 Å². The first-order valence-corrected chi connectivity index (χ1v) is 10.3. The highest BCUT2D eigenvalue weighted by Crippen LogP contribution is 2.37. The number of benzene rings is 3. The largest absolute Gasteiger partial charge is 0.325 e. The van der Waals surface area contributed by atoms with Crippen molar-refractivity contribution in [3.8, 4) is 0 Å². The molecular formula is C25H22ClN3. The van der Waals surface area contributed by atoms with Crippen molar-refractivity contribution in [1.29, 1.82) is 0 Å². The van der Waals surface area contributed by atoms with Crippen LogP contribution < -0.4 is 5.32 Å². The van der Waals surface area contributed by atoms with Crippen molar-refractivity contribution < 1.29 is 0 Å². The molecule has 0 aliphatic carbocycles. The van der Waals surface area contributed by atoms with Crippen LogP contribution in [0.3, 0.4) is 0 Å². The third-order valence-corrected chi connectivity index (χ3v) is 5.76. The van der Waals surface area contributed by atoms with Gasteiger partial charge in [-0.3, -0.25) is 4.57 Å². The molecule has 0 fully saturated rings. The number of rotatable bonds is 3. The van der Waals surface area contributed by atoms with Crippen LogP contribution in [0, 0.1) is 0 Å². The van der Waals surface area contributed by atoms with Gasteiger partial charge in [0.15, 0.2) is 0 Å². The van der Waals surface area contributed by atoms with E-state index >= 15 is 0 Å². The zero-order valence-corrected chi connectivity index (χ0v) is 17.2. The molecule has 1 aliphatic heterocycles. The highest BCUT2D eigenvalue weighted by Gasteiger charge is 2.25. The lowest BCUT2D eigenvalue weighted by molar-refractivity contribution is 0.720. The highest BCUT2D eigenvalue weighted by molar-refractivity contribution is 6.30. The quantitative estimate of drug-likeness (QED) is 0.407. The van der Waals surface area contributed by atoms with E-state index in [1.807, 2.05) is 24.3 Å². The van der Waals surface area contributed by atoms with E-state index in [9.17, 15) is 0 Å². The molecule has 0 amide bonds. The fraction of sp³-hybridized carbons (Fsp3) is 0.160. The Morgan fingerprint density at radius 1 is 0.966 bits per heavy atom. The summed E-state index contributed by atoms with van der Waals surface area (Å²) in [5.74, 6) is 1.36. The minimum atomic E-state index is 0.0112. The van der Waals surface area contributed by atoms with Crippen molar-refractivity contribution >= 4 is 34.3 Å². The van der Waals surface area contributed by atoms with Gasteiger partial charge in [0.2, 0.25) is 5.95 Å². The Balaban J connectivity index is 1.67. The Bertz CT molecular complexity index is 1220. The number of fused-ring (bicyclic) bond motifs is 3. The SMILES string of the molecule is CC(C)c1ccc(C2=C[C@H](c3cccc(Cl)c3)n3c(nc4ccccc43)N2)cc1. The minimum Gasteiger partial charge on any atom is -0.325 e. The van der Waals surface area contributed by atoms with Crippen molar-refractivity contribution in [3.63, 3.8) is 0 Å². The summed E-state index contributed by atoms with van der Waals surface area (Å²) in [5.41, 5.74) is 6.77. The smallest absolute Gasteiger partial charge is 0.209 e. The van der Waals surface area contributed by atoms with E-state index in [2.05, 4.69) is 78.3 Å². The average molecular weight is 400 g/mol. The predicted molar refractivity (Wildman–Crippen MR) is 121 cm³/mol. The number of hydrogen-bond donors (Lipinski definition) is 1. The molecule has 2 heterocycles. The molecule has 5 rings (SSSR count). The zero-order valence-electron chi connectivity index (χ0n) is 16.4. The second-order valence-corrected chi connectivity index (χ2v) is 8.21. The molecule has 144 valence electrons. The van der Waals surface area contributed by atoms with Crippen LogP contribution in [-0.2, 0) is 0 Å². The lowest BCUT2D eigenvalue weighted by Gasteiger charge is -2.27. The summed E-state index contributed by atoms with van der Waals surface area (Å²) in [6, 6.07) is 25.1. The third kappa shape index (κ3) is 3.22. The predicted octanol–water partition coefficient (Wildman–Crippen LogP) is 6.87. The number of anilines is 1. The molecule has 1 aliphatic rings. The third-order valence-electron chi connectivity index (χ3n) is 5.52. The van der Waals surface area contributed by atoms with E-state index in [0.717, 1.165) is 38.8 Å².